The summed E-state index contributed by atoms with van der Waals surface area (Å²) in [5.41, 5.74) is -4.45. The van der Waals surface area contributed by atoms with Gasteiger partial charge in [0, 0.05) is 6.20 Å². The lowest BCUT2D eigenvalue weighted by Gasteiger charge is -2.13. The maximum absolute atomic E-state index is 13.7. The number of alkyl halides is 3. The van der Waals surface area contributed by atoms with Gasteiger partial charge in [-0.1, -0.05) is 0 Å². The Morgan fingerprint density at radius 3 is 1.88 bits per heavy atom. The molecule has 10 heteroatoms. The molecule has 0 radical (unpaired) electrons. The number of hydrogen-bond donors (Lipinski definition) is 0. The van der Waals surface area contributed by atoms with E-state index in [1.54, 1.807) is 0 Å². The number of nitriles is 1. The summed E-state index contributed by atoms with van der Waals surface area (Å²) in [5.74, 6) is -11.4. The van der Waals surface area contributed by atoms with E-state index in [1.165, 1.54) is 6.07 Å². The normalized spacial score (nSPS) is 11.5. The quantitative estimate of drug-likeness (QED) is 0.452. The number of pyridine rings is 1. The predicted molar refractivity (Wildman–Crippen MR) is 63.8 cm³/mol. The first kappa shape index (κ1) is 17.7. The topological polar surface area (TPSA) is 36.7 Å². The average molecular weight is 352 g/mol. The Hall–Kier alpha value is -2.70. The van der Waals surface area contributed by atoms with Gasteiger partial charge in [0.15, 0.2) is 23.3 Å². The van der Waals surface area contributed by atoms with Crippen molar-refractivity contribution in [2.45, 2.75) is 12.6 Å². The Morgan fingerprint density at radius 1 is 0.917 bits per heavy atom. The summed E-state index contributed by atoms with van der Waals surface area (Å²) in [6.45, 7) is 0. The molecule has 2 aromatic rings. The van der Waals surface area contributed by atoms with E-state index in [4.69, 9.17) is 5.26 Å². The lowest BCUT2D eigenvalue weighted by Crippen LogP contribution is -2.11. The van der Waals surface area contributed by atoms with Gasteiger partial charge in [0.2, 0.25) is 5.82 Å². The van der Waals surface area contributed by atoms with Crippen LogP contribution in [0.15, 0.2) is 12.3 Å². The highest BCUT2D eigenvalue weighted by Crippen LogP contribution is 2.35. The molecule has 0 aliphatic carbocycles. The zero-order chi connectivity index (χ0) is 18.2. The Balaban J connectivity index is 2.76. The van der Waals surface area contributed by atoms with Crippen LogP contribution >= 0.6 is 0 Å². The Labute approximate surface area is 129 Å². The second-order valence-electron chi connectivity index (χ2n) is 4.50. The van der Waals surface area contributed by atoms with Gasteiger partial charge >= 0.3 is 6.18 Å². The van der Waals surface area contributed by atoms with E-state index in [0.717, 1.165) is 0 Å². The van der Waals surface area contributed by atoms with Crippen LogP contribution < -0.4 is 0 Å². The zero-order valence-electron chi connectivity index (χ0n) is 11.3. The lowest BCUT2D eigenvalue weighted by molar-refractivity contribution is -0.138. The van der Waals surface area contributed by atoms with E-state index in [-0.39, 0.29) is 6.20 Å². The fraction of sp³-hybridized carbons (Fsp3) is 0.143. The van der Waals surface area contributed by atoms with Gasteiger partial charge in [-0.15, -0.1) is 0 Å². The summed E-state index contributed by atoms with van der Waals surface area (Å²) in [5, 5.41) is 8.55. The average Bonchev–Trinajstić information content (AvgIpc) is 2.51. The smallest absolute Gasteiger partial charge is 0.255 e. The summed E-state index contributed by atoms with van der Waals surface area (Å²) in [6, 6.07) is 1.88. The molecule has 0 N–H and O–H groups in total. The summed E-state index contributed by atoms with van der Waals surface area (Å²) in [4.78, 5) is 3.13. The van der Waals surface area contributed by atoms with E-state index < -0.39 is 64.1 Å². The minimum Gasteiger partial charge on any atom is -0.255 e. The van der Waals surface area contributed by atoms with Gasteiger partial charge in [0.05, 0.1) is 29.3 Å². The number of hydrogen-bond acceptors (Lipinski definition) is 2. The van der Waals surface area contributed by atoms with Crippen LogP contribution in [0.4, 0.5) is 35.1 Å². The van der Waals surface area contributed by atoms with E-state index in [0.29, 0.717) is 6.07 Å². The number of aromatic nitrogens is 1. The highest BCUT2D eigenvalue weighted by Gasteiger charge is 2.35. The third-order valence-corrected chi connectivity index (χ3v) is 3.03. The summed E-state index contributed by atoms with van der Waals surface area (Å²) >= 11 is 0. The molecule has 126 valence electrons. The van der Waals surface area contributed by atoms with Gasteiger partial charge in [-0.2, -0.15) is 18.4 Å². The molecule has 0 aliphatic heterocycles. The molecule has 1 aromatic carbocycles. The standard InChI is InChI=1S/C14H4F8N2/c15-9-8(10(16)12(18)13(19)11(9)17)7-3-5(1-2-23)6(4-24-7)14(20,21)22/h3-4H,1H2. The van der Waals surface area contributed by atoms with Crippen LogP contribution in [-0.4, -0.2) is 4.98 Å². The molecule has 0 fully saturated rings. The first-order chi connectivity index (χ1) is 11.1. The summed E-state index contributed by atoms with van der Waals surface area (Å²) in [7, 11) is 0. The van der Waals surface area contributed by atoms with Gasteiger partial charge < -0.3 is 0 Å². The number of benzene rings is 1. The zero-order valence-corrected chi connectivity index (χ0v) is 11.3. The van der Waals surface area contributed by atoms with Crippen LogP contribution in [0.2, 0.25) is 0 Å². The van der Waals surface area contributed by atoms with Crippen LogP contribution in [0, 0.1) is 40.4 Å². The molecular weight excluding hydrogens is 348 g/mol. The van der Waals surface area contributed by atoms with Crippen molar-refractivity contribution in [3.05, 3.63) is 52.5 Å². The van der Waals surface area contributed by atoms with Crippen molar-refractivity contribution in [3.63, 3.8) is 0 Å². The van der Waals surface area contributed by atoms with Crippen molar-refractivity contribution in [1.29, 1.82) is 5.26 Å². The van der Waals surface area contributed by atoms with Crippen molar-refractivity contribution in [2.75, 3.05) is 0 Å². The highest BCUT2D eigenvalue weighted by atomic mass is 19.4. The van der Waals surface area contributed by atoms with Crippen LogP contribution in [0.1, 0.15) is 11.1 Å². The molecule has 0 atom stereocenters. The molecular formula is C14H4F8N2. The van der Waals surface area contributed by atoms with Crippen molar-refractivity contribution in [1.82, 2.24) is 4.98 Å². The second-order valence-corrected chi connectivity index (χ2v) is 4.50. The van der Waals surface area contributed by atoms with Crippen molar-refractivity contribution in [2.24, 2.45) is 0 Å². The number of rotatable bonds is 2. The molecule has 0 unspecified atom stereocenters. The van der Waals surface area contributed by atoms with Crippen LogP contribution in [0.3, 0.4) is 0 Å². The molecule has 0 saturated carbocycles. The van der Waals surface area contributed by atoms with E-state index in [9.17, 15) is 35.1 Å². The largest absolute Gasteiger partial charge is 0.418 e. The first-order valence-electron chi connectivity index (χ1n) is 6.04. The Kier molecular flexibility index (Phi) is 4.46. The third kappa shape index (κ3) is 2.89. The predicted octanol–water partition coefficient (Wildman–Crippen LogP) is 4.53. The fourth-order valence-electron chi connectivity index (χ4n) is 1.95. The van der Waals surface area contributed by atoms with E-state index >= 15 is 0 Å². The Bertz CT molecular complexity index is 822. The first-order valence-corrected chi connectivity index (χ1v) is 6.04. The monoisotopic (exact) mass is 352 g/mol. The molecule has 0 aliphatic rings. The Morgan fingerprint density at radius 2 is 1.42 bits per heavy atom. The number of halogens is 8. The molecule has 0 amide bonds. The summed E-state index contributed by atoms with van der Waals surface area (Å²) < 4.78 is 105. The third-order valence-electron chi connectivity index (χ3n) is 3.03. The van der Waals surface area contributed by atoms with Gasteiger partial charge in [-0.05, 0) is 11.6 Å². The maximum atomic E-state index is 13.7. The molecule has 24 heavy (non-hydrogen) atoms. The molecule has 2 rings (SSSR count). The lowest BCUT2D eigenvalue weighted by atomic mass is 10.0. The van der Waals surface area contributed by atoms with Crippen LogP contribution in [0.5, 0.6) is 0 Å². The molecule has 1 heterocycles. The van der Waals surface area contributed by atoms with Gasteiger partial charge in [-0.3, -0.25) is 4.98 Å². The maximum Gasteiger partial charge on any atom is 0.418 e. The van der Waals surface area contributed by atoms with Crippen molar-refractivity contribution < 1.29 is 35.1 Å². The minimum atomic E-state index is -4.91. The number of nitrogens with zero attached hydrogens (tertiary/aromatic N) is 2. The molecule has 2 nitrogen and oxygen atoms in total. The van der Waals surface area contributed by atoms with E-state index in [1.807, 2.05) is 0 Å². The van der Waals surface area contributed by atoms with Crippen molar-refractivity contribution in [3.8, 4) is 17.3 Å². The molecule has 0 bridgehead atoms. The highest BCUT2D eigenvalue weighted by molar-refractivity contribution is 5.63. The van der Waals surface area contributed by atoms with Crippen molar-refractivity contribution >= 4 is 0 Å². The van der Waals surface area contributed by atoms with Gasteiger partial charge in [-0.25, -0.2) is 22.0 Å². The van der Waals surface area contributed by atoms with Gasteiger partial charge in [0.1, 0.15) is 0 Å². The van der Waals surface area contributed by atoms with Crippen LogP contribution in [-0.2, 0) is 12.6 Å². The SMILES string of the molecule is N#CCc1cc(-c2c(F)c(F)c(F)c(F)c2F)ncc1C(F)(F)F. The minimum absolute atomic E-state index is 0.167. The molecule has 1 aromatic heterocycles. The fourth-order valence-corrected chi connectivity index (χ4v) is 1.95. The molecule has 0 saturated heterocycles. The van der Waals surface area contributed by atoms with E-state index in [2.05, 4.69) is 4.98 Å². The molecule has 0 spiro atoms. The van der Waals surface area contributed by atoms with Crippen LogP contribution in [0.25, 0.3) is 11.3 Å². The second kappa shape index (κ2) is 6.07. The summed E-state index contributed by atoms with van der Waals surface area (Å²) in [6.07, 6.45) is -5.55. The van der Waals surface area contributed by atoms with Gasteiger partial charge in [0.25, 0.3) is 0 Å².